The lowest BCUT2D eigenvalue weighted by atomic mass is 10.0. The van der Waals surface area contributed by atoms with Crippen molar-refractivity contribution < 1.29 is 14.7 Å². The number of carbonyl (C=O) groups excluding carboxylic acids is 1. The summed E-state index contributed by atoms with van der Waals surface area (Å²) in [6, 6.07) is 6.70. The van der Waals surface area contributed by atoms with Crippen LogP contribution >= 0.6 is 0 Å². The summed E-state index contributed by atoms with van der Waals surface area (Å²) in [5.41, 5.74) is 4.07. The molecule has 0 bridgehead atoms. The van der Waals surface area contributed by atoms with E-state index in [4.69, 9.17) is 5.11 Å². The quantitative estimate of drug-likeness (QED) is 0.814. The van der Waals surface area contributed by atoms with Crippen molar-refractivity contribution in [3.63, 3.8) is 0 Å². The Kier molecular flexibility index (Phi) is 5.17. The van der Waals surface area contributed by atoms with Crippen molar-refractivity contribution in [3.05, 3.63) is 47.3 Å². The number of aromatic carboxylic acids is 1. The van der Waals surface area contributed by atoms with Crippen LogP contribution in [0, 0.1) is 18.8 Å². The van der Waals surface area contributed by atoms with Crippen LogP contribution in [-0.4, -0.2) is 76.0 Å². The van der Waals surface area contributed by atoms with Gasteiger partial charge in [0.1, 0.15) is 0 Å². The van der Waals surface area contributed by atoms with Crippen LogP contribution in [0.15, 0.2) is 30.6 Å². The van der Waals surface area contributed by atoms with Crippen LogP contribution in [0.4, 0.5) is 10.5 Å². The maximum Gasteiger partial charge on any atom is 0.344 e. The highest BCUT2D eigenvalue weighted by atomic mass is 16.4. The Bertz CT molecular complexity index is 983. The Labute approximate surface area is 182 Å². The smallest absolute Gasteiger partial charge is 0.344 e. The monoisotopic (exact) mass is 423 g/mol. The summed E-state index contributed by atoms with van der Waals surface area (Å²) in [5.74, 6) is -0.153. The van der Waals surface area contributed by atoms with E-state index < -0.39 is 5.97 Å². The molecule has 31 heavy (non-hydrogen) atoms. The highest BCUT2D eigenvalue weighted by Crippen LogP contribution is 2.33. The first-order valence-corrected chi connectivity index (χ1v) is 11.1. The number of anilines is 1. The van der Waals surface area contributed by atoms with Crippen molar-refractivity contribution in [2.24, 2.45) is 11.8 Å². The van der Waals surface area contributed by atoms with Gasteiger partial charge in [-0.15, -0.1) is 0 Å². The first kappa shape index (κ1) is 20.1. The number of aryl methyl sites for hydroxylation is 1. The average molecular weight is 424 g/mol. The number of hydrogen-bond donors (Lipinski definition) is 1. The second kappa shape index (κ2) is 8.00. The molecule has 0 saturated carbocycles. The predicted octanol–water partition coefficient (Wildman–Crippen LogP) is 2.52. The van der Waals surface area contributed by atoms with Crippen molar-refractivity contribution in [1.29, 1.82) is 0 Å². The first-order chi connectivity index (χ1) is 15.0. The summed E-state index contributed by atoms with van der Waals surface area (Å²) in [4.78, 5) is 30.5. The number of carbonyl (C=O) groups is 2. The number of carboxylic acid groups (broad SMARTS) is 1. The summed E-state index contributed by atoms with van der Waals surface area (Å²) in [6.45, 7) is 8.82. The number of benzene rings is 1. The lowest BCUT2D eigenvalue weighted by Gasteiger charge is -2.23. The lowest BCUT2D eigenvalue weighted by Crippen LogP contribution is -2.36. The zero-order valence-corrected chi connectivity index (χ0v) is 17.9. The molecule has 8 nitrogen and oxygen atoms in total. The number of nitrogens with zero attached hydrogens (tertiary/aromatic N) is 5. The third kappa shape index (κ3) is 4.04. The minimum atomic E-state index is -1.07. The molecule has 8 heteroatoms. The normalized spacial score (nSPS) is 23.5. The van der Waals surface area contributed by atoms with Gasteiger partial charge >= 0.3 is 12.0 Å². The summed E-state index contributed by atoms with van der Waals surface area (Å²) in [7, 11) is 0. The fourth-order valence-electron chi connectivity index (χ4n) is 5.41. The Morgan fingerprint density at radius 3 is 2.42 bits per heavy atom. The van der Waals surface area contributed by atoms with Gasteiger partial charge in [0.2, 0.25) is 0 Å². The summed E-state index contributed by atoms with van der Waals surface area (Å²) in [5, 5.41) is 13.0. The molecule has 0 radical (unpaired) electrons. The Morgan fingerprint density at radius 1 is 1.06 bits per heavy atom. The van der Waals surface area contributed by atoms with Crippen molar-refractivity contribution in [2.45, 2.75) is 26.3 Å². The van der Waals surface area contributed by atoms with E-state index in [9.17, 15) is 9.59 Å². The SMILES string of the molecule is Cc1cc(CN2CC3CN(C(=O)n4cc(C(=O)O)cn4)CC3C2)cc(N2CCCC2)c1. The van der Waals surface area contributed by atoms with Crippen molar-refractivity contribution in [3.8, 4) is 0 Å². The highest BCUT2D eigenvalue weighted by molar-refractivity contribution is 5.88. The molecule has 164 valence electrons. The molecule has 0 aliphatic carbocycles. The topological polar surface area (TPSA) is 81.9 Å². The van der Waals surface area contributed by atoms with Gasteiger partial charge in [-0.2, -0.15) is 9.78 Å². The number of amides is 1. The van der Waals surface area contributed by atoms with Gasteiger partial charge in [0.05, 0.1) is 18.0 Å². The second-order valence-corrected chi connectivity index (χ2v) is 9.25. The Hall–Kier alpha value is -2.87. The van der Waals surface area contributed by atoms with Crippen molar-refractivity contribution in [2.75, 3.05) is 44.2 Å². The minimum Gasteiger partial charge on any atom is -0.478 e. The molecule has 3 fully saturated rings. The fraction of sp³-hybridized carbons (Fsp3) is 0.522. The van der Waals surface area contributed by atoms with E-state index in [1.165, 1.54) is 42.0 Å². The maximum absolute atomic E-state index is 12.7. The Morgan fingerprint density at radius 2 is 1.77 bits per heavy atom. The lowest BCUT2D eigenvalue weighted by molar-refractivity contribution is 0.0697. The molecule has 4 heterocycles. The number of fused-ring (bicyclic) bond motifs is 1. The molecule has 2 aromatic rings. The summed E-state index contributed by atoms with van der Waals surface area (Å²) in [6.07, 6.45) is 5.08. The van der Waals surface area contributed by atoms with Gasteiger partial charge in [-0.25, -0.2) is 9.59 Å². The molecular formula is C23H29N5O3. The van der Waals surface area contributed by atoms with E-state index >= 15 is 0 Å². The molecule has 3 aliphatic rings. The number of carboxylic acids is 1. The summed E-state index contributed by atoms with van der Waals surface area (Å²) >= 11 is 0. The van der Waals surface area contributed by atoms with Gasteiger partial charge in [0.25, 0.3) is 0 Å². The van der Waals surface area contributed by atoms with Crippen LogP contribution in [0.25, 0.3) is 0 Å². The molecule has 1 amide bonds. The predicted molar refractivity (Wildman–Crippen MR) is 116 cm³/mol. The van der Waals surface area contributed by atoms with Gasteiger partial charge in [-0.3, -0.25) is 4.90 Å². The standard InChI is InChI=1S/C23H29N5O3/c1-16-6-17(8-21(7-16)26-4-2-3-5-26)10-25-11-19-13-27(14-20(19)12-25)23(31)28-15-18(9-24-28)22(29)30/h6-9,15,19-20H,2-5,10-14H2,1H3,(H,29,30). The maximum atomic E-state index is 12.7. The second-order valence-electron chi connectivity index (χ2n) is 9.25. The molecular weight excluding hydrogens is 394 g/mol. The van der Waals surface area contributed by atoms with Gasteiger partial charge in [-0.1, -0.05) is 6.07 Å². The van der Waals surface area contributed by atoms with Crippen LogP contribution in [-0.2, 0) is 6.54 Å². The van der Waals surface area contributed by atoms with Gasteiger partial charge in [-0.05, 0) is 54.9 Å². The first-order valence-electron chi connectivity index (χ1n) is 11.1. The van der Waals surface area contributed by atoms with E-state index in [1.807, 2.05) is 4.90 Å². The zero-order valence-electron chi connectivity index (χ0n) is 17.9. The van der Waals surface area contributed by atoms with Gasteiger partial charge in [0, 0.05) is 51.5 Å². The third-order valence-electron chi connectivity index (χ3n) is 6.86. The highest BCUT2D eigenvalue weighted by Gasteiger charge is 2.42. The van der Waals surface area contributed by atoms with Crippen LogP contribution in [0.2, 0.25) is 0 Å². The largest absolute Gasteiger partial charge is 0.478 e. The molecule has 1 aromatic heterocycles. The van der Waals surface area contributed by atoms with E-state index in [-0.39, 0.29) is 11.6 Å². The van der Waals surface area contributed by atoms with E-state index in [0.717, 1.165) is 37.4 Å². The van der Waals surface area contributed by atoms with Crippen molar-refractivity contribution in [1.82, 2.24) is 19.6 Å². The fourth-order valence-corrected chi connectivity index (χ4v) is 5.41. The van der Waals surface area contributed by atoms with E-state index in [1.54, 1.807) is 0 Å². The molecule has 3 saturated heterocycles. The average Bonchev–Trinajstić information content (AvgIpc) is 3.49. The zero-order chi connectivity index (χ0) is 21.5. The molecule has 5 rings (SSSR count). The van der Waals surface area contributed by atoms with Crippen molar-refractivity contribution >= 4 is 17.7 Å². The number of aromatic nitrogens is 2. The van der Waals surface area contributed by atoms with Crippen LogP contribution < -0.4 is 4.90 Å². The molecule has 2 atom stereocenters. The number of likely N-dealkylation sites (tertiary alicyclic amines) is 2. The third-order valence-corrected chi connectivity index (χ3v) is 6.86. The van der Waals surface area contributed by atoms with Crippen LogP contribution in [0.3, 0.4) is 0 Å². The molecule has 2 unspecified atom stereocenters. The van der Waals surface area contributed by atoms with Crippen LogP contribution in [0.5, 0.6) is 0 Å². The van der Waals surface area contributed by atoms with E-state index in [0.29, 0.717) is 24.9 Å². The summed E-state index contributed by atoms with van der Waals surface area (Å²) < 4.78 is 1.15. The van der Waals surface area contributed by atoms with Gasteiger partial charge < -0.3 is 14.9 Å². The Balaban J connectivity index is 1.19. The minimum absolute atomic E-state index is 0.0328. The number of hydrogen-bond acceptors (Lipinski definition) is 5. The van der Waals surface area contributed by atoms with Gasteiger partial charge in [0.15, 0.2) is 0 Å². The molecule has 3 aliphatic heterocycles. The van der Waals surface area contributed by atoms with Crippen LogP contribution in [0.1, 0.15) is 34.3 Å². The number of rotatable bonds is 4. The molecule has 1 N–H and O–H groups in total. The molecule has 0 spiro atoms. The molecule has 1 aromatic carbocycles. The van der Waals surface area contributed by atoms with E-state index in [2.05, 4.69) is 40.0 Å².